The van der Waals surface area contributed by atoms with Gasteiger partial charge in [-0.3, -0.25) is 14.5 Å². The summed E-state index contributed by atoms with van der Waals surface area (Å²) in [5.74, 6) is -0.00665. The van der Waals surface area contributed by atoms with E-state index in [2.05, 4.69) is 10.2 Å². The van der Waals surface area contributed by atoms with E-state index in [1.54, 1.807) is 11.0 Å². The first-order valence-corrected chi connectivity index (χ1v) is 9.31. The van der Waals surface area contributed by atoms with Gasteiger partial charge in [0, 0.05) is 32.2 Å². The molecule has 1 unspecified atom stereocenters. The number of piperazine rings is 1. The van der Waals surface area contributed by atoms with Crippen LogP contribution in [0, 0.1) is 0 Å². The van der Waals surface area contributed by atoms with Crippen molar-refractivity contribution in [3.8, 4) is 0 Å². The molecule has 0 spiro atoms. The van der Waals surface area contributed by atoms with Crippen molar-refractivity contribution in [1.82, 2.24) is 15.1 Å². The standard InChI is InChI=1S/C15H19Cl2N3O2S/c1-9(14(21)18-10-2-3-10)19-4-6-20(7-5-19)15(22)11-8-12(16)23-13(11)17/h8-10H,2-7H2,1H3,(H,18,21). The van der Waals surface area contributed by atoms with Crippen LogP contribution in [-0.4, -0.2) is 59.9 Å². The molecule has 8 heteroatoms. The van der Waals surface area contributed by atoms with E-state index in [0.717, 1.165) is 12.8 Å². The molecule has 2 amide bonds. The Labute approximate surface area is 149 Å². The first-order valence-electron chi connectivity index (χ1n) is 7.74. The molecule has 2 fully saturated rings. The van der Waals surface area contributed by atoms with Crippen LogP contribution in [-0.2, 0) is 4.79 Å². The molecule has 5 nitrogen and oxygen atoms in total. The third-order valence-corrected chi connectivity index (χ3v) is 5.83. The second kappa shape index (κ2) is 6.97. The average Bonchev–Trinajstić information content (AvgIpc) is 3.28. The van der Waals surface area contributed by atoms with Gasteiger partial charge in [0.1, 0.15) is 4.34 Å². The SMILES string of the molecule is CC(C(=O)NC1CC1)N1CCN(C(=O)c2cc(Cl)sc2Cl)CC1. The molecule has 1 aromatic rings. The molecule has 0 bridgehead atoms. The van der Waals surface area contributed by atoms with Crippen molar-refractivity contribution in [3.05, 3.63) is 20.3 Å². The average molecular weight is 376 g/mol. The first-order chi connectivity index (χ1) is 11.0. The van der Waals surface area contributed by atoms with E-state index in [4.69, 9.17) is 23.2 Å². The summed E-state index contributed by atoms with van der Waals surface area (Å²) in [6, 6.07) is 1.83. The van der Waals surface area contributed by atoms with Crippen molar-refractivity contribution in [2.75, 3.05) is 26.2 Å². The van der Waals surface area contributed by atoms with Crippen molar-refractivity contribution < 1.29 is 9.59 Å². The molecule has 0 radical (unpaired) electrons. The molecule has 126 valence electrons. The van der Waals surface area contributed by atoms with Gasteiger partial charge in [0.2, 0.25) is 5.91 Å². The molecule has 1 saturated carbocycles. The first kappa shape index (κ1) is 17.0. The van der Waals surface area contributed by atoms with Crippen molar-refractivity contribution in [1.29, 1.82) is 0 Å². The molecule has 2 heterocycles. The number of nitrogens with zero attached hydrogens (tertiary/aromatic N) is 2. The molecule has 3 rings (SSSR count). The topological polar surface area (TPSA) is 52.7 Å². The third kappa shape index (κ3) is 3.99. The second-order valence-corrected chi connectivity index (χ2v) is 8.31. The van der Waals surface area contributed by atoms with E-state index in [9.17, 15) is 9.59 Å². The van der Waals surface area contributed by atoms with Crippen molar-refractivity contribution in [2.24, 2.45) is 0 Å². The van der Waals surface area contributed by atoms with Gasteiger partial charge in [-0.25, -0.2) is 0 Å². The van der Waals surface area contributed by atoms with Crippen LogP contribution >= 0.6 is 34.5 Å². The zero-order chi connectivity index (χ0) is 16.6. The Bertz CT molecular complexity index is 610. The smallest absolute Gasteiger partial charge is 0.256 e. The number of nitrogens with one attached hydrogen (secondary N) is 1. The van der Waals surface area contributed by atoms with Crippen molar-refractivity contribution >= 4 is 46.4 Å². The number of carbonyl (C=O) groups is 2. The maximum Gasteiger partial charge on any atom is 0.256 e. The van der Waals surface area contributed by atoms with Gasteiger partial charge < -0.3 is 10.2 Å². The van der Waals surface area contributed by atoms with Crippen LogP contribution in [0.15, 0.2) is 6.07 Å². The summed E-state index contributed by atoms with van der Waals surface area (Å²) in [5, 5.41) is 3.03. The zero-order valence-electron chi connectivity index (χ0n) is 12.8. The molecule has 23 heavy (non-hydrogen) atoms. The number of hydrogen-bond donors (Lipinski definition) is 1. The lowest BCUT2D eigenvalue weighted by Crippen LogP contribution is -2.55. The van der Waals surface area contributed by atoms with E-state index in [0.29, 0.717) is 46.5 Å². The highest BCUT2D eigenvalue weighted by molar-refractivity contribution is 7.20. The summed E-state index contributed by atoms with van der Waals surface area (Å²) in [4.78, 5) is 28.5. The molecule has 1 aliphatic carbocycles. The highest BCUT2D eigenvalue weighted by atomic mass is 35.5. The number of carbonyl (C=O) groups excluding carboxylic acids is 2. The zero-order valence-corrected chi connectivity index (χ0v) is 15.2. The summed E-state index contributed by atoms with van der Waals surface area (Å²) in [5.41, 5.74) is 0.467. The fraction of sp³-hybridized carbons (Fsp3) is 0.600. The van der Waals surface area contributed by atoms with Crippen LogP contribution in [0.3, 0.4) is 0 Å². The lowest BCUT2D eigenvalue weighted by molar-refractivity contribution is -0.126. The summed E-state index contributed by atoms with van der Waals surface area (Å²) >= 11 is 13.2. The Balaban J connectivity index is 1.54. The molecule has 2 aliphatic rings. The molecule has 1 saturated heterocycles. The molecule has 0 aromatic carbocycles. The van der Waals surface area contributed by atoms with Gasteiger partial charge in [-0.05, 0) is 25.8 Å². The lowest BCUT2D eigenvalue weighted by atomic mass is 10.2. The summed E-state index contributed by atoms with van der Waals surface area (Å²) in [6.45, 7) is 4.46. The van der Waals surface area contributed by atoms with Crippen LogP contribution in [0.4, 0.5) is 0 Å². The maximum atomic E-state index is 12.5. The molecular formula is C15H19Cl2N3O2S. The van der Waals surface area contributed by atoms with Gasteiger partial charge in [-0.1, -0.05) is 23.2 Å². The quantitative estimate of drug-likeness (QED) is 0.879. The third-order valence-electron chi connectivity index (χ3n) is 4.34. The Morgan fingerprint density at radius 3 is 2.43 bits per heavy atom. The van der Waals surface area contributed by atoms with E-state index in [-0.39, 0.29) is 17.9 Å². The monoisotopic (exact) mass is 375 g/mol. The van der Waals surface area contributed by atoms with Crippen LogP contribution < -0.4 is 5.32 Å². The Hall–Kier alpha value is -0.820. The highest BCUT2D eigenvalue weighted by Crippen LogP contribution is 2.32. The van der Waals surface area contributed by atoms with Gasteiger partial charge in [0.15, 0.2) is 0 Å². The predicted molar refractivity (Wildman–Crippen MR) is 92.4 cm³/mol. The fourth-order valence-corrected chi connectivity index (χ4v) is 4.13. The number of amides is 2. The van der Waals surface area contributed by atoms with E-state index < -0.39 is 0 Å². The van der Waals surface area contributed by atoms with Crippen LogP contribution in [0.5, 0.6) is 0 Å². The summed E-state index contributed by atoms with van der Waals surface area (Å²) in [7, 11) is 0. The number of thiophene rings is 1. The Kier molecular flexibility index (Phi) is 5.16. The number of halogens is 2. The minimum absolute atomic E-state index is 0.0833. The van der Waals surface area contributed by atoms with Gasteiger partial charge in [-0.2, -0.15) is 0 Å². The minimum Gasteiger partial charge on any atom is -0.352 e. The van der Waals surface area contributed by atoms with Gasteiger partial charge in [0.25, 0.3) is 5.91 Å². The normalized spacial score (nSPS) is 20.4. The Morgan fingerprint density at radius 2 is 1.91 bits per heavy atom. The molecule has 1 N–H and O–H groups in total. The van der Waals surface area contributed by atoms with Crippen LogP contribution in [0.2, 0.25) is 8.67 Å². The molecule has 1 aromatic heterocycles. The minimum atomic E-state index is -0.160. The lowest BCUT2D eigenvalue weighted by Gasteiger charge is -2.37. The molecular weight excluding hydrogens is 357 g/mol. The summed E-state index contributed by atoms with van der Waals surface area (Å²) in [6.07, 6.45) is 2.18. The van der Waals surface area contributed by atoms with Gasteiger partial charge in [0.05, 0.1) is 15.9 Å². The van der Waals surface area contributed by atoms with Crippen LogP contribution in [0.25, 0.3) is 0 Å². The van der Waals surface area contributed by atoms with Gasteiger partial charge in [-0.15, -0.1) is 11.3 Å². The number of hydrogen-bond acceptors (Lipinski definition) is 4. The van der Waals surface area contributed by atoms with Crippen LogP contribution in [0.1, 0.15) is 30.1 Å². The van der Waals surface area contributed by atoms with Crippen molar-refractivity contribution in [2.45, 2.75) is 31.8 Å². The van der Waals surface area contributed by atoms with E-state index in [1.165, 1.54) is 11.3 Å². The second-order valence-electron chi connectivity index (χ2n) is 6.02. The molecule has 1 aliphatic heterocycles. The fourth-order valence-electron chi connectivity index (χ4n) is 2.68. The highest BCUT2D eigenvalue weighted by Gasteiger charge is 2.31. The summed E-state index contributed by atoms with van der Waals surface area (Å²) < 4.78 is 0.946. The van der Waals surface area contributed by atoms with Crippen molar-refractivity contribution in [3.63, 3.8) is 0 Å². The van der Waals surface area contributed by atoms with E-state index >= 15 is 0 Å². The predicted octanol–water partition coefficient (Wildman–Crippen LogP) is 2.48. The number of rotatable bonds is 4. The molecule has 1 atom stereocenters. The maximum absolute atomic E-state index is 12.5. The van der Waals surface area contributed by atoms with E-state index in [1.807, 2.05) is 6.92 Å². The Morgan fingerprint density at radius 1 is 1.26 bits per heavy atom. The van der Waals surface area contributed by atoms with Gasteiger partial charge >= 0.3 is 0 Å². The largest absolute Gasteiger partial charge is 0.352 e.